The van der Waals surface area contributed by atoms with Crippen LogP contribution >= 0.6 is 0 Å². The van der Waals surface area contributed by atoms with Crippen molar-refractivity contribution in [3.8, 4) is 22.5 Å². The molecule has 0 amide bonds. The fourth-order valence-electron chi connectivity index (χ4n) is 3.29. The number of oxazole rings is 1. The number of H-pyrrole nitrogens is 1. The maximum absolute atomic E-state index is 11.3. The van der Waals surface area contributed by atoms with Gasteiger partial charge in [-0.25, -0.2) is 4.79 Å². The molecule has 5 aromatic rings. The number of hydrogen-bond acceptors (Lipinski definition) is 6. The molecule has 0 spiro atoms. The number of aromatic amines is 1. The Kier molecular flexibility index (Phi) is 4.05. The van der Waals surface area contributed by atoms with Gasteiger partial charge in [0.2, 0.25) is 11.7 Å². The third-order valence-electron chi connectivity index (χ3n) is 4.66. The number of aromatic nitrogens is 4. The Bertz CT molecular complexity index is 1380. The fourth-order valence-corrected chi connectivity index (χ4v) is 3.29. The first kappa shape index (κ1) is 17.1. The molecule has 0 aliphatic rings. The van der Waals surface area contributed by atoms with E-state index in [-0.39, 0.29) is 0 Å². The van der Waals surface area contributed by atoms with Gasteiger partial charge in [-0.15, -0.1) is 0 Å². The van der Waals surface area contributed by atoms with Crippen molar-refractivity contribution in [1.29, 1.82) is 0 Å². The van der Waals surface area contributed by atoms with E-state index in [4.69, 9.17) is 8.94 Å². The van der Waals surface area contributed by atoms with Gasteiger partial charge in [0, 0.05) is 17.5 Å². The van der Waals surface area contributed by atoms with Gasteiger partial charge in [-0.1, -0.05) is 29.4 Å². The Labute approximate surface area is 165 Å². The summed E-state index contributed by atoms with van der Waals surface area (Å²) in [5.41, 5.74) is 6.10. The second-order valence-corrected chi connectivity index (χ2v) is 6.80. The first-order valence-corrected chi connectivity index (χ1v) is 9.12. The van der Waals surface area contributed by atoms with Gasteiger partial charge in [0.25, 0.3) is 0 Å². The molecule has 1 N–H and O–H groups in total. The zero-order chi connectivity index (χ0) is 19.8. The van der Waals surface area contributed by atoms with Crippen molar-refractivity contribution in [2.75, 3.05) is 0 Å². The van der Waals surface area contributed by atoms with Crippen molar-refractivity contribution >= 4 is 11.1 Å². The van der Waals surface area contributed by atoms with Crippen molar-refractivity contribution in [2.24, 2.45) is 0 Å². The summed E-state index contributed by atoms with van der Waals surface area (Å²) in [7, 11) is 0. The van der Waals surface area contributed by atoms with Crippen LogP contribution in [0.25, 0.3) is 33.6 Å². The minimum absolute atomic E-state index is 0.458. The van der Waals surface area contributed by atoms with E-state index in [9.17, 15) is 4.79 Å². The second-order valence-electron chi connectivity index (χ2n) is 6.80. The topological polar surface area (TPSA) is 97.8 Å². The van der Waals surface area contributed by atoms with Crippen molar-refractivity contribution in [2.45, 2.75) is 13.3 Å². The van der Waals surface area contributed by atoms with Gasteiger partial charge in [0.05, 0.1) is 11.9 Å². The Morgan fingerprint density at radius 1 is 1.00 bits per heavy atom. The van der Waals surface area contributed by atoms with E-state index in [1.165, 1.54) is 0 Å². The number of fused-ring (bicyclic) bond motifs is 1. The predicted octanol–water partition coefficient (Wildman–Crippen LogP) is 4.13. The molecule has 0 bridgehead atoms. The van der Waals surface area contributed by atoms with Crippen molar-refractivity contribution in [1.82, 2.24) is 20.1 Å². The number of benzene rings is 2. The molecule has 0 atom stereocenters. The Morgan fingerprint density at radius 2 is 1.86 bits per heavy atom. The van der Waals surface area contributed by atoms with Crippen LogP contribution in [0, 0.1) is 6.92 Å². The minimum Gasteiger partial charge on any atom is -0.408 e. The third-order valence-corrected chi connectivity index (χ3v) is 4.66. The summed E-state index contributed by atoms with van der Waals surface area (Å²) >= 11 is 0. The summed E-state index contributed by atoms with van der Waals surface area (Å²) in [6.07, 6.45) is 2.26. The first-order valence-electron chi connectivity index (χ1n) is 9.12. The highest BCUT2D eigenvalue weighted by Gasteiger charge is 2.11. The molecule has 142 valence electrons. The highest BCUT2D eigenvalue weighted by molar-refractivity contribution is 5.73. The molecule has 0 fully saturated rings. The molecule has 3 aromatic heterocycles. The molecular weight excluding hydrogens is 368 g/mol. The van der Waals surface area contributed by atoms with E-state index >= 15 is 0 Å². The molecule has 0 radical (unpaired) electrons. The average molecular weight is 384 g/mol. The van der Waals surface area contributed by atoms with E-state index in [2.05, 4.69) is 20.1 Å². The van der Waals surface area contributed by atoms with Crippen LogP contribution in [0.1, 0.15) is 17.1 Å². The van der Waals surface area contributed by atoms with Gasteiger partial charge in [0.15, 0.2) is 5.58 Å². The summed E-state index contributed by atoms with van der Waals surface area (Å²) in [5.74, 6) is 0.558. The number of nitrogens with zero attached hydrogens (tertiary/aromatic N) is 3. The van der Waals surface area contributed by atoms with E-state index in [0.29, 0.717) is 29.2 Å². The molecule has 29 heavy (non-hydrogen) atoms. The SMILES string of the molecule is Cc1cc(-c2cccc(-c3noc(Cc4ccc5oc(=O)[nH]c5c4)n3)c2)ccn1. The second kappa shape index (κ2) is 6.87. The molecule has 7 heteroatoms. The first-order chi connectivity index (χ1) is 14.1. The van der Waals surface area contributed by atoms with Crippen molar-refractivity contribution in [3.05, 3.63) is 88.5 Å². The summed E-state index contributed by atoms with van der Waals surface area (Å²) < 4.78 is 10.5. The van der Waals surface area contributed by atoms with Crippen LogP contribution in [-0.2, 0) is 6.42 Å². The molecule has 5 rings (SSSR count). The van der Waals surface area contributed by atoms with Crippen LogP contribution in [0.5, 0.6) is 0 Å². The minimum atomic E-state index is -0.471. The molecule has 0 aliphatic heterocycles. The maximum atomic E-state index is 11.3. The average Bonchev–Trinajstić information content (AvgIpc) is 3.33. The quantitative estimate of drug-likeness (QED) is 0.500. The lowest BCUT2D eigenvalue weighted by Crippen LogP contribution is -1.93. The van der Waals surface area contributed by atoms with Crippen LogP contribution in [0.15, 0.2) is 74.5 Å². The number of rotatable bonds is 4. The standard InChI is InChI=1S/C22H16N4O3/c1-13-9-16(7-8-23-13)15-3-2-4-17(12-15)21-25-20(29-26-21)11-14-5-6-19-18(10-14)24-22(27)28-19/h2-10,12H,11H2,1H3,(H,24,27). The number of hydrogen-bond donors (Lipinski definition) is 1. The van der Waals surface area contributed by atoms with Crippen molar-refractivity contribution in [3.63, 3.8) is 0 Å². The van der Waals surface area contributed by atoms with Gasteiger partial charge >= 0.3 is 5.76 Å². The monoisotopic (exact) mass is 384 g/mol. The molecular formula is C22H16N4O3. The van der Waals surface area contributed by atoms with Gasteiger partial charge in [-0.05, 0) is 53.9 Å². The Morgan fingerprint density at radius 3 is 2.76 bits per heavy atom. The Hall–Kier alpha value is -4.00. The molecule has 0 aliphatic carbocycles. The summed E-state index contributed by atoms with van der Waals surface area (Å²) in [4.78, 5) is 22.7. The molecule has 2 aromatic carbocycles. The summed E-state index contributed by atoms with van der Waals surface area (Å²) in [5, 5.41) is 4.13. The van der Waals surface area contributed by atoms with Crippen LogP contribution in [-0.4, -0.2) is 20.1 Å². The number of pyridine rings is 1. The molecule has 3 heterocycles. The van der Waals surface area contributed by atoms with E-state index in [0.717, 1.165) is 27.9 Å². The van der Waals surface area contributed by atoms with Gasteiger partial charge in [-0.2, -0.15) is 4.98 Å². The molecule has 7 nitrogen and oxygen atoms in total. The predicted molar refractivity (Wildman–Crippen MR) is 107 cm³/mol. The molecule has 0 saturated heterocycles. The third kappa shape index (κ3) is 3.45. The van der Waals surface area contributed by atoms with Crippen LogP contribution < -0.4 is 5.76 Å². The van der Waals surface area contributed by atoms with E-state index < -0.39 is 5.76 Å². The largest absolute Gasteiger partial charge is 0.417 e. The molecule has 0 saturated carbocycles. The fraction of sp³-hybridized carbons (Fsp3) is 0.0909. The van der Waals surface area contributed by atoms with Crippen LogP contribution in [0.2, 0.25) is 0 Å². The summed E-state index contributed by atoms with van der Waals surface area (Å²) in [6, 6.07) is 17.5. The van der Waals surface area contributed by atoms with Gasteiger partial charge in [0.1, 0.15) is 0 Å². The zero-order valence-electron chi connectivity index (χ0n) is 15.5. The van der Waals surface area contributed by atoms with E-state index in [1.54, 1.807) is 12.3 Å². The zero-order valence-corrected chi connectivity index (χ0v) is 15.5. The highest BCUT2D eigenvalue weighted by atomic mass is 16.5. The Balaban J connectivity index is 1.42. The molecule has 0 unspecified atom stereocenters. The lowest BCUT2D eigenvalue weighted by molar-refractivity contribution is 0.386. The van der Waals surface area contributed by atoms with E-state index in [1.807, 2.05) is 55.5 Å². The number of nitrogens with one attached hydrogen (secondary N) is 1. The van der Waals surface area contributed by atoms with Crippen LogP contribution in [0.3, 0.4) is 0 Å². The van der Waals surface area contributed by atoms with Crippen molar-refractivity contribution < 1.29 is 8.94 Å². The maximum Gasteiger partial charge on any atom is 0.417 e. The van der Waals surface area contributed by atoms with Crippen LogP contribution in [0.4, 0.5) is 0 Å². The smallest absolute Gasteiger partial charge is 0.408 e. The van der Waals surface area contributed by atoms with Gasteiger partial charge < -0.3 is 8.94 Å². The highest BCUT2D eigenvalue weighted by Crippen LogP contribution is 2.25. The summed E-state index contributed by atoms with van der Waals surface area (Å²) in [6.45, 7) is 1.97. The normalized spacial score (nSPS) is 11.2. The number of aryl methyl sites for hydroxylation is 1. The lowest BCUT2D eigenvalue weighted by Gasteiger charge is -2.04. The van der Waals surface area contributed by atoms with Gasteiger partial charge in [-0.3, -0.25) is 9.97 Å². The lowest BCUT2D eigenvalue weighted by atomic mass is 10.0.